The number of rotatable bonds is 9. The van der Waals surface area contributed by atoms with Crippen molar-refractivity contribution in [1.82, 2.24) is 0 Å². The average molecular weight is 356 g/mol. The SMILES string of the molecule is CCC(C)(CC(C)C)C(=O)OCCOC(=O)C1CCCCC1C(=O)O. The van der Waals surface area contributed by atoms with Gasteiger partial charge in [-0.05, 0) is 38.5 Å². The Balaban J connectivity index is 2.42. The molecule has 0 amide bonds. The van der Waals surface area contributed by atoms with Gasteiger partial charge in [0.2, 0.25) is 0 Å². The van der Waals surface area contributed by atoms with Crippen molar-refractivity contribution < 1.29 is 29.0 Å². The van der Waals surface area contributed by atoms with Crippen LogP contribution in [-0.2, 0) is 23.9 Å². The molecule has 144 valence electrons. The van der Waals surface area contributed by atoms with Crippen molar-refractivity contribution in [1.29, 1.82) is 0 Å². The van der Waals surface area contributed by atoms with E-state index < -0.39 is 29.2 Å². The molecular weight excluding hydrogens is 324 g/mol. The molecule has 0 aromatic heterocycles. The lowest BCUT2D eigenvalue weighted by atomic mass is 9.79. The van der Waals surface area contributed by atoms with Crippen molar-refractivity contribution in [3.8, 4) is 0 Å². The van der Waals surface area contributed by atoms with E-state index in [1.807, 2.05) is 13.8 Å². The number of esters is 2. The molecule has 0 aliphatic heterocycles. The van der Waals surface area contributed by atoms with Gasteiger partial charge in [-0.1, -0.05) is 33.6 Å². The molecule has 0 radical (unpaired) electrons. The van der Waals surface area contributed by atoms with Gasteiger partial charge in [-0.2, -0.15) is 0 Å². The van der Waals surface area contributed by atoms with Gasteiger partial charge in [0.05, 0.1) is 17.3 Å². The van der Waals surface area contributed by atoms with Crippen LogP contribution in [-0.4, -0.2) is 36.2 Å². The Labute approximate surface area is 150 Å². The molecule has 6 heteroatoms. The van der Waals surface area contributed by atoms with Crippen LogP contribution in [0.4, 0.5) is 0 Å². The first kappa shape index (κ1) is 21.5. The highest BCUT2D eigenvalue weighted by atomic mass is 16.6. The molecule has 1 rings (SSSR count). The van der Waals surface area contributed by atoms with Gasteiger partial charge in [0.25, 0.3) is 0 Å². The molecule has 0 aromatic rings. The van der Waals surface area contributed by atoms with Crippen LogP contribution < -0.4 is 0 Å². The Morgan fingerprint density at radius 2 is 1.64 bits per heavy atom. The molecular formula is C19H32O6. The zero-order valence-electron chi connectivity index (χ0n) is 15.9. The van der Waals surface area contributed by atoms with Crippen LogP contribution in [0.25, 0.3) is 0 Å². The molecule has 0 spiro atoms. The van der Waals surface area contributed by atoms with Crippen molar-refractivity contribution in [2.24, 2.45) is 23.2 Å². The molecule has 3 unspecified atom stereocenters. The van der Waals surface area contributed by atoms with Crippen LogP contribution in [0, 0.1) is 23.2 Å². The van der Waals surface area contributed by atoms with Crippen molar-refractivity contribution in [3.63, 3.8) is 0 Å². The Morgan fingerprint density at radius 3 is 2.16 bits per heavy atom. The number of carboxylic acids is 1. The van der Waals surface area contributed by atoms with E-state index in [0.717, 1.165) is 19.3 Å². The minimum Gasteiger partial charge on any atom is -0.481 e. The fraction of sp³-hybridized carbons (Fsp3) is 0.842. The van der Waals surface area contributed by atoms with E-state index in [9.17, 15) is 19.5 Å². The molecule has 0 bridgehead atoms. The quantitative estimate of drug-likeness (QED) is 0.503. The lowest BCUT2D eigenvalue weighted by Gasteiger charge is -2.28. The zero-order valence-corrected chi connectivity index (χ0v) is 15.9. The van der Waals surface area contributed by atoms with Crippen molar-refractivity contribution in [3.05, 3.63) is 0 Å². The zero-order chi connectivity index (χ0) is 19.0. The first-order valence-electron chi connectivity index (χ1n) is 9.28. The summed E-state index contributed by atoms with van der Waals surface area (Å²) >= 11 is 0. The average Bonchev–Trinajstić information content (AvgIpc) is 2.57. The second kappa shape index (κ2) is 9.78. The number of hydrogen-bond donors (Lipinski definition) is 1. The van der Waals surface area contributed by atoms with Gasteiger partial charge in [0.15, 0.2) is 0 Å². The topological polar surface area (TPSA) is 89.9 Å². The van der Waals surface area contributed by atoms with Gasteiger partial charge in [0, 0.05) is 0 Å². The van der Waals surface area contributed by atoms with E-state index in [1.54, 1.807) is 0 Å². The lowest BCUT2D eigenvalue weighted by molar-refractivity contribution is -0.165. The molecule has 1 fully saturated rings. The fourth-order valence-corrected chi connectivity index (χ4v) is 3.54. The van der Waals surface area contributed by atoms with E-state index in [1.165, 1.54) is 0 Å². The largest absolute Gasteiger partial charge is 0.481 e. The van der Waals surface area contributed by atoms with E-state index >= 15 is 0 Å². The molecule has 6 nitrogen and oxygen atoms in total. The minimum absolute atomic E-state index is 0.00270. The van der Waals surface area contributed by atoms with E-state index in [4.69, 9.17) is 9.47 Å². The van der Waals surface area contributed by atoms with Crippen molar-refractivity contribution in [2.45, 2.75) is 66.2 Å². The second-order valence-corrected chi connectivity index (χ2v) is 7.65. The monoisotopic (exact) mass is 356 g/mol. The summed E-state index contributed by atoms with van der Waals surface area (Å²) in [4.78, 5) is 35.7. The molecule has 1 aliphatic rings. The third-order valence-corrected chi connectivity index (χ3v) is 5.08. The third kappa shape index (κ3) is 6.33. The summed E-state index contributed by atoms with van der Waals surface area (Å²) in [6.07, 6.45) is 4.13. The molecule has 1 aliphatic carbocycles. The van der Waals surface area contributed by atoms with E-state index in [2.05, 4.69) is 13.8 Å². The van der Waals surface area contributed by atoms with Crippen LogP contribution in [0.5, 0.6) is 0 Å². The standard InChI is InChI=1S/C19H32O6/c1-5-19(4,12-13(2)3)18(23)25-11-10-24-17(22)15-9-7-6-8-14(15)16(20)21/h13-15H,5-12H2,1-4H3,(H,20,21). The minimum atomic E-state index is -0.944. The van der Waals surface area contributed by atoms with Crippen molar-refractivity contribution in [2.75, 3.05) is 13.2 Å². The highest BCUT2D eigenvalue weighted by molar-refractivity contribution is 5.81. The number of hydrogen-bond acceptors (Lipinski definition) is 5. The predicted octanol–water partition coefficient (Wildman–Crippen LogP) is 3.43. The van der Waals surface area contributed by atoms with Crippen LogP contribution in [0.2, 0.25) is 0 Å². The molecule has 1 saturated carbocycles. The number of carboxylic acid groups (broad SMARTS) is 1. The third-order valence-electron chi connectivity index (χ3n) is 5.08. The summed E-state index contributed by atoms with van der Waals surface area (Å²) in [5.41, 5.74) is -0.532. The maximum atomic E-state index is 12.3. The normalized spacial score (nSPS) is 22.9. The Hall–Kier alpha value is -1.59. The van der Waals surface area contributed by atoms with Crippen LogP contribution >= 0.6 is 0 Å². The summed E-state index contributed by atoms with van der Waals surface area (Å²) < 4.78 is 10.4. The molecule has 0 saturated heterocycles. The van der Waals surface area contributed by atoms with Gasteiger partial charge >= 0.3 is 17.9 Å². The number of carbonyl (C=O) groups excluding carboxylic acids is 2. The van der Waals surface area contributed by atoms with Gasteiger partial charge in [-0.25, -0.2) is 0 Å². The van der Waals surface area contributed by atoms with Gasteiger partial charge in [-0.15, -0.1) is 0 Å². The first-order valence-corrected chi connectivity index (χ1v) is 9.28. The summed E-state index contributed by atoms with van der Waals surface area (Å²) in [6.45, 7) is 7.94. The second-order valence-electron chi connectivity index (χ2n) is 7.65. The predicted molar refractivity (Wildman–Crippen MR) is 92.9 cm³/mol. The van der Waals surface area contributed by atoms with E-state index in [0.29, 0.717) is 25.2 Å². The summed E-state index contributed by atoms with van der Waals surface area (Å²) in [5.74, 6) is -2.60. The highest BCUT2D eigenvalue weighted by Crippen LogP contribution is 2.32. The molecule has 0 aromatic carbocycles. The van der Waals surface area contributed by atoms with Crippen molar-refractivity contribution >= 4 is 17.9 Å². The molecule has 25 heavy (non-hydrogen) atoms. The van der Waals surface area contributed by atoms with Gasteiger partial charge < -0.3 is 14.6 Å². The Morgan fingerprint density at radius 1 is 1.08 bits per heavy atom. The van der Waals surface area contributed by atoms with Gasteiger partial charge in [-0.3, -0.25) is 14.4 Å². The number of carbonyl (C=O) groups is 3. The molecule has 1 N–H and O–H groups in total. The van der Waals surface area contributed by atoms with Crippen LogP contribution in [0.3, 0.4) is 0 Å². The maximum Gasteiger partial charge on any atom is 0.311 e. The lowest BCUT2D eigenvalue weighted by Crippen LogP contribution is -2.35. The fourth-order valence-electron chi connectivity index (χ4n) is 3.54. The number of ether oxygens (including phenoxy) is 2. The first-order chi connectivity index (χ1) is 11.7. The van der Waals surface area contributed by atoms with Gasteiger partial charge in [0.1, 0.15) is 13.2 Å². The number of aliphatic carboxylic acids is 1. The summed E-state index contributed by atoms with van der Waals surface area (Å²) in [7, 11) is 0. The summed E-state index contributed by atoms with van der Waals surface area (Å²) in [6, 6.07) is 0. The maximum absolute atomic E-state index is 12.3. The Bertz CT molecular complexity index is 473. The van der Waals surface area contributed by atoms with Crippen LogP contribution in [0.1, 0.15) is 66.2 Å². The summed E-state index contributed by atoms with van der Waals surface area (Å²) in [5, 5.41) is 9.21. The van der Waals surface area contributed by atoms with Crippen LogP contribution in [0.15, 0.2) is 0 Å². The van der Waals surface area contributed by atoms with E-state index in [-0.39, 0.29) is 19.2 Å². The molecule has 0 heterocycles. The smallest absolute Gasteiger partial charge is 0.311 e. The highest BCUT2D eigenvalue weighted by Gasteiger charge is 2.37. The Kier molecular flexibility index (Phi) is 8.39. The molecule has 3 atom stereocenters.